The fraction of sp³-hybridized carbons (Fsp3) is 0.308. The molecule has 0 spiro atoms. The van der Waals surface area contributed by atoms with Crippen LogP contribution in [0, 0.1) is 0 Å². The van der Waals surface area contributed by atoms with Crippen LogP contribution in [0.1, 0.15) is 17.4 Å². The average molecular weight is 247 g/mol. The number of phenols is 1. The number of hydrogen-bond donors (Lipinski definition) is 3. The summed E-state index contributed by atoms with van der Waals surface area (Å²) in [5, 5.41) is 13.2. The van der Waals surface area contributed by atoms with Gasteiger partial charge in [-0.05, 0) is 25.1 Å². The van der Waals surface area contributed by atoms with Gasteiger partial charge in [0.2, 0.25) is 0 Å². The molecule has 0 radical (unpaired) electrons. The zero-order valence-corrected chi connectivity index (χ0v) is 10.5. The largest absolute Gasteiger partial charge is 0.507 e. The molecule has 0 bridgehead atoms. The molecule has 0 aliphatic heterocycles. The minimum absolute atomic E-state index is 0.0861. The highest BCUT2D eigenvalue weighted by molar-refractivity contribution is 6.00. The van der Waals surface area contributed by atoms with Gasteiger partial charge in [-0.1, -0.05) is 6.07 Å². The third kappa shape index (κ3) is 2.17. The van der Waals surface area contributed by atoms with Crippen molar-refractivity contribution < 1.29 is 9.90 Å². The number of hydrogen-bond acceptors (Lipinski definition) is 3. The lowest BCUT2D eigenvalue weighted by atomic mass is 10.2. The summed E-state index contributed by atoms with van der Waals surface area (Å²) in [6, 6.07) is 6.81. The molecule has 96 valence electrons. The molecule has 0 saturated heterocycles. The van der Waals surface area contributed by atoms with Crippen molar-refractivity contribution in [2.24, 2.45) is 12.8 Å². The lowest BCUT2D eigenvalue weighted by molar-refractivity contribution is 0.0944. The molecule has 0 fully saturated rings. The first-order valence-corrected chi connectivity index (χ1v) is 5.82. The van der Waals surface area contributed by atoms with Crippen LogP contribution in [0.5, 0.6) is 5.75 Å². The molecule has 2 rings (SSSR count). The molecule has 1 aromatic carbocycles. The van der Waals surface area contributed by atoms with Crippen LogP contribution in [0.3, 0.4) is 0 Å². The van der Waals surface area contributed by atoms with Crippen molar-refractivity contribution in [3.8, 4) is 5.75 Å². The quantitative estimate of drug-likeness (QED) is 0.755. The first kappa shape index (κ1) is 12.4. The van der Waals surface area contributed by atoms with Crippen molar-refractivity contribution >= 4 is 16.8 Å². The number of aryl methyl sites for hydroxylation is 1. The van der Waals surface area contributed by atoms with Crippen LogP contribution in [-0.2, 0) is 7.05 Å². The standard InChI is InChI=1S/C13H17N3O2/c1-8(14)7-15-13(18)11-6-9-10(16(11)2)4-3-5-12(9)17/h3-6,8,17H,7,14H2,1-2H3,(H,15,18). The van der Waals surface area contributed by atoms with Crippen molar-refractivity contribution in [2.75, 3.05) is 6.54 Å². The molecule has 1 aromatic heterocycles. The van der Waals surface area contributed by atoms with Gasteiger partial charge in [0.05, 0.1) is 5.52 Å². The van der Waals surface area contributed by atoms with Crippen LogP contribution in [0.25, 0.3) is 10.9 Å². The van der Waals surface area contributed by atoms with Gasteiger partial charge in [-0.15, -0.1) is 0 Å². The summed E-state index contributed by atoms with van der Waals surface area (Å²) in [6.07, 6.45) is 0. The lowest BCUT2D eigenvalue weighted by Crippen LogP contribution is -2.35. The molecule has 0 saturated carbocycles. The Bertz CT molecular complexity index is 587. The van der Waals surface area contributed by atoms with Crippen molar-refractivity contribution in [1.82, 2.24) is 9.88 Å². The van der Waals surface area contributed by atoms with Crippen molar-refractivity contribution in [3.05, 3.63) is 30.0 Å². The molecule has 4 N–H and O–H groups in total. The van der Waals surface area contributed by atoms with E-state index in [-0.39, 0.29) is 17.7 Å². The topological polar surface area (TPSA) is 80.3 Å². The Morgan fingerprint density at radius 3 is 2.89 bits per heavy atom. The van der Waals surface area contributed by atoms with Crippen LogP contribution in [0.4, 0.5) is 0 Å². The third-order valence-electron chi connectivity index (χ3n) is 2.88. The van der Waals surface area contributed by atoms with Crippen LogP contribution >= 0.6 is 0 Å². The Kier molecular flexibility index (Phi) is 3.25. The number of carbonyl (C=O) groups is 1. The summed E-state index contributed by atoms with van der Waals surface area (Å²) in [7, 11) is 1.79. The number of fused-ring (bicyclic) bond motifs is 1. The average Bonchev–Trinajstić information content (AvgIpc) is 2.66. The maximum atomic E-state index is 12.0. The Morgan fingerprint density at radius 1 is 1.56 bits per heavy atom. The summed E-state index contributed by atoms with van der Waals surface area (Å²) in [4.78, 5) is 12.0. The van der Waals surface area contributed by atoms with E-state index in [4.69, 9.17) is 5.73 Å². The highest BCUT2D eigenvalue weighted by Crippen LogP contribution is 2.26. The fourth-order valence-electron chi connectivity index (χ4n) is 1.91. The van der Waals surface area contributed by atoms with E-state index in [0.29, 0.717) is 17.6 Å². The number of aromatic nitrogens is 1. The highest BCUT2D eigenvalue weighted by atomic mass is 16.3. The van der Waals surface area contributed by atoms with Gasteiger partial charge in [0.15, 0.2) is 0 Å². The molecule has 1 unspecified atom stereocenters. The van der Waals surface area contributed by atoms with E-state index in [9.17, 15) is 9.90 Å². The normalized spacial score (nSPS) is 12.6. The van der Waals surface area contributed by atoms with Gasteiger partial charge < -0.3 is 20.7 Å². The van der Waals surface area contributed by atoms with Crippen LogP contribution in [0.2, 0.25) is 0 Å². The molecule has 1 atom stereocenters. The van der Waals surface area contributed by atoms with E-state index >= 15 is 0 Å². The third-order valence-corrected chi connectivity index (χ3v) is 2.88. The van der Waals surface area contributed by atoms with Crippen LogP contribution < -0.4 is 11.1 Å². The smallest absolute Gasteiger partial charge is 0.267 e. The zero-order valence-electron chi connectivity index (χ0n) is 10.5. The van der Waals surface area contributed by atoms with Gasteiger partial charge in [-0.3, -0.25) is 4.79 Å². The van der Waals surface area contributed by atoms with E-state index in [2.05, 4.69) is 5.32 Å². The van der Waals surface area contributed by atoms with Gasteiger partial charge >= 0.3 is 0 Å². The number of nitrogens with two attached hydrogens (primary N) is 1. The molecular formula is C13H17N3O2. The van der Waals surface area contributed by atoms with Crippen molar-refractivity contribution in [1.29, 1.82) is 0 Å². The van der Waals surface area contributed by atoms with Crippen molar-refractivity contribution in [3.63, 3.8) is 0 Å². The van der Waals surface area contributed by atoms with Gasteiger partial charge in [-0.2, -0.15) is 0 Å². The van der Waals surface area contributed by atoms with Gasteiger partial charge in [-0.25, -0.2) is 0 Å². The molecule has 1 amide bonds. The second kappa shape index (κ2) is 4.70. The first-order chi connectivity index (χ1) is 8.50. The Morgan fingerprint density at radius 2 is 2.28 bits per heavy atom. The predicted molar refractivity (Wildman–Crippen MR) is 70.6 cm³/mol. The number of phenolic OH excluding ortho intramolecular Hbond substituents is 1. The molecule has 0 aliphatic rings. The molecule has 18 heavy (non-hydrogen) atoms. The van der Waals surface area contributed by atoms with E-state index in [0.717, 1.165) is 5.52 Å². The summed E-state index contributed by atoms with van der Waals surface area (Å²) >= 11 is 0. The summed E-state index contributed by atoms with van der Waals surface area (Å²) in [5.41, 5.74) is 6.92. The SMILES string of the molecule is CC(N)CNC(=O)c1cc2c(O)cccc2n1C. The summed E-state index contributed by atoms with van der Waals surface area (Å²) < 4.78 is 1.76. The summed E-state index contributed by atoms with van der Waals surface area (Å²) in [5.74, 6) is -0.0141. The van der Waals surface area contributed by atoms with E-state index in [1.807, 2.05) is 13.0 Å². The molecule has 1 heterocycles. The minimum Gasteiger partial charge on any atom is -0.507 e. The van der Waals surface area contributed by atoms with Gasteiger partial charge in [0.25, 0.3) is 5.91 Å². The highest BCUT2D eigenvalue weighted by Gasteiger charge is 2.14. The number of benzene rings is 1. The van der Waals surface area contributed by atoms with E-state index in [1.165, 1.54) is 0 Å². The number of rotatable bonds is 3. The first-order valence-electron chi connectivity index (χ1n) is 5.82. The molecular weight excluding hydrogens is 230 g/mol. The molecule has 5 nitrogen and oxygen atoms in total. The van der Waals surface area contributed by atoms with Gasteiger partial charge in [0.1, 0.15) is 11.4 Å². The summed E-state index contributed by atoms with van der Waals surface area (Å²) in [6.45, 7) is 2.25. The number of nitrogens with zero attached hydrogens (tertiary/aromatic N) is 1. The second-order valence-electron chi connectivity index (χ2n) is 4.49. The van der Waals surface area contributed by atoms with Crippen molar-refractivity contribution in [2.45, 2.75) is 13.0 Å². The number of amides is 1. The van der Waals surface area contributed by atoms with Gasteiger partial charge in [0, 0.05) is 25.0 Å². The number of carbonyl (C=O) groups excluding carboxylic acids is 1. The van der Waals surface area contributed by atoms with Crippen LogP contribution in [-0.4, -0.2) is 28.2 Å². The zero-order chi connectivity index (χ0) is 13.3. The number of aromatic hydroxyl groups is 1. The van der Waals surface area contributed by atoms with E-state index in [1.54, 1.807) is 29.8 Å². The lowest BCUT2D eigenvalue weighted by Gasteiger charge is -2.08. The van der Waals surface area contributed by atoms with Crippen LogP contribution in [0.15, 0.2) is 24.3 Å². The molecule has 5 heteroatoms. The maximum Gasteiger partial charge on any atom is 0.267 e. The number of nitrogens with one attached hydrogen (secondary N) is 1. The predicted octanol–water partition coefficient (Wildman–Crippen LogP) is 0.961. The fourth-order valence-corrected chi connectivity index (χ4v) is 1.91. The molecule has 2 aromatic rings. The Balaban J connectivity index is 2.37. The second-order valence-corrected chi connectivity index (χ2v) is 4.49. The maximum absolute atomic E-state index is 12.0. The molecule has 0 aliphatic carbocycles. The monoisotopic (exact) mass is 247 g/mol. The van der Waals surface area contributed by atoms with E-state index < -0.39 is 0 Å². The Hall–Kier alpha value is -2.01. The minimum atomic E-state index is -0.189. The Labute approximate surface area is 105 Å².